The maximum Gasteiger partial charge on any atom is 0.336 e. The monoisotopic (exact) mass is 445 g/mol. The molecule has 1 aliphatic rings. The Balaban J connectivity index is 1.63. The van der Waals surface area contributed by atoms with Gasteiger partial charge in [0.25, 0.3) is 0 Å². The second-order valence-corrected chi connectivity index (χ2v) is 9.35. The highest BCUT2D eigenvalue weighted by Gasteiger charge is 2.40. The van der Waals surface area contributed by atoms with Gasteiger partial charge in [-0.1, -0.05) is 0 Å². The van der Waals surface area contributed by atoms with Crippen LogP contribution in [0.2, 0.25) is 0 Å². The number of halogens is 1. The molecule has 2 aromatic carbocycles. The van der Waals surface area contributed by atoms with E-state index >= 15 is 0 Å². The van der Waals surface area contributed by atoms with Gasteiger partial charge in [0.15, 0.2) is 0 Å². The van der Waals surface area contributed by atoms with Gasteiger partial charge in [0.1, 0.15) is 23.2 Å². The normalized spacial score (nSPS) is 17.2. The quantitative estimate of drug-likeness (QED) is 0.348. The summed E-state index contributed by atoms with van der Waals surface area (Å²) in [6.07, 6.45) is 0.797. The number of aryl methyl sites for hydroxylation is 2. The van der Waals surface area contributed by atoms with Crippen LogP contribution < -0.4 is 10.4 Å². The highest BCUT2D eigenvalue weighted by molar-refractivity contribution is 7.89. The molecule has 0 unspecified atom stereocenters. The highest BCUT2D eigenvalue weighted by Crippen LogP contribution is 2.31. The van der Waals surface area contributed by atoms with Crippen molar-refractivity contribution in [1.29, 1.82) is 0 Å². The smallest absolute Gasteiger partial charge is 0.336 e. The molecule has 3 aromatic rings. The summed E-state index contributed by atoms with van der Waals surface area (Å²) in [6, 6.07) is 8.11. The van der Waals surface area contributed by atoms with E-state index in [-0.39, 0.29) is 17.2 Å². The van der Waals surface area contributed by atoms with Crippen LogP contribution in [-0.4, -0.2) is 31.3 Å². The molecule has 1 aliphatic heterocycles. The second-order valence-electron chi connectivity index (χ2n) is 7.46. The van der Waals surface area contributed by atoms with Crippen LogP contribution in [0, 0.1) is 19.7 Å². The lowest BCUT2D eigenvalue weighted by Crippen LogP contribution is -2.42. The van der Waals surface area contributed by atoms with E-state index in [1.807, 2.05) is 0 Å². The first-order chi connectivity index (χ1) is 14.7. The van der Waals surface area contributed by atoms with E-state index in [4.69, 9.17) is 9.15 Å². The SMILES string of the molecule is Cc1cc(=O)oc2c(C)c(OC(=O)[C@@H]3CCCN3S(=O)(=O)c3ccc(F)cc3)ccc12. The third kappa shape index (κ3) is 3.86. The number of benzene rings is 2. The summed E-state index contributed by atoms with van der Waals surface area (Å²) in [6.45, 7) is 3.60. The number of carbonyl (C=O) groups is 1. The molecule has 0 bridgehead atoms. The average molecular weight is 445 g/mol. The van der Waals surface area contributed by atoms with Crippen molar-refractivity contribution in [1.82, 2.24) is 4.31 Å². The van der Waals surface area contributed by atoms with Crippen LogP contribution in [0.15, 0.2) is 56.6 Å². The van der Waals surface area contributed by atoms with Gasteiger partial charge in [-0.2, -0.15) is 4.31 Å². The maximum atomic E-state index is 13.2. The number of carbonyl (C=O) groups excluding carboxylic acids is 1. The first-order valence-electron chi connectivity index (χ1n) is 9.71. The Morgan fingerprint density at radius 1 is 1.16 bits per heavy atom. The lowest BCUT2D eigenvalue weighted by molar-refractivity contribution is -0.138. The van der Waals surface area contributed by atoms with E-state index in [2.05, 4.69) is 0 Å². The Labute approximate surface area is 178 Å². The minimum atomic E-state index is -3.99. The fourth-order valence-corrected chi connectivity index (χ4v) is 5.44. The van der Waals surface area contributed by atoms with E-state index in [0.29, 0.717) is 24.0 Å². The zero-order chi connectivity index (χ0) is 22.3. The van der Waals surface area contributed by atoms with Crippen LogP contribution in [0.5, 0.6) is 5.75 Å². The van der Waals surface area contributed by atoms with Crippen LogP contribution in [0.3, 0.4) is 0 Å². The zero-order valence-corrected chi connectivity index (χ0v) is 17.7. The van der Waals surface area contributed by atoms with Gasteiger partial charge in [0.05, 0.1) is 4.90 Å². The van der Waals surface area contributed by atoms with Gasteiger partial charge in [-0.05, 0) is 68.7 Å². The van der Waals surface area contributed by atoms with Crippen LogP contribution >= 0.6 is 0 Å². The van der Waals surface area contributed by atoms with Crippen molar-refractivity contribution in [2.24, 2.45) is 0 Å². The van der Waals surface area contributed by atoms with Gasteiger partial charge in [0, 0.05) is 23.6 Å². The summed E-state index contributed by atoms with van der Waals surface area (Å²) in [5, 5.41) is 0.721. The largest absolute Gasteiger partial charge is 0.425 e. The maximum absolute atomic E-state index is 13.2. The highest BCUT2D eigenvalue weighted by atomic mass is 32.2. The summed E-state index contributed by atoms with van der Waals surface area (Å²) in [4.78, 5) is 24.5. The summed E-state index contributed by atoms with van der Waals surface area (Å²) in [5.41, 5.74) is 1.01. The fourth-order valence-electron chi connectivity index (χ4n) is 3.79. The third-order valence-corrected chi connectivity index (χ3v) is 7.35. The molecule has 4 rings (SSSR count). The molecule has 1 saturated heterocycles. The van der Waals surface area contributed by atoms with E-state index in [9.17, 15) is 22.4 Å². The first kappa shape index (κ1) is 21.2. The van der Waals surface area contributed by atoms with Crippen molar-refractivity contribution in [3.8, 4) is 5.75 Å². The summed E-state index contributed by atoms with van der Waals surface area (Å²) in [7, 11) is -3.99. The predicted molar refractivity (Wildman–Crippen MR) is 111 cm³/mol. The summed E-state index contributed by atoms with van der Waals surface area (Å²) in [5.74, 6) is -1.08. The van der Waals surface area contributed by atoms with Crippen LogP contribution in [0.25, 0.3) is 11.0 Å². The van der Waals surface area contributed by atoms with E-state index in [1.54, 1.807) is 26.0 Å². The molecule has 0 radical (unpaired) electrons. The van der Waals surface area contributed by atoms with E-state index < -0.39 is 33.5 Å². The minimum Gasteiger partial charge on any atom is -0.425 e. The standard InChI is InChI=1S/C22H20FNO6S/c1-13-12-20(25)30-21-14(2)19(10-9-17(13)21)29-22(26)18-4-3-11-24(18)31(27,28)16-7-5-15(23)6-8-16/h5-10,12,18H,3-4,11H2,1-2H3/t18-/m0/s1. The van der Waals surface area contributed by atoms with Crippen molar-refractivity contribution < 1.29 is 26.8 Å². The van der Waals surface area contributed by atoms with Gasteiger partial charge >= 0.3 is 11.6 Å². The molecule has 0 amide bonds. The van der Waals surface area contributed by atoms with Gasteiger partial charge in [-0.25, -0.2) is 22.4 Å². The Hall–Kier alpha value is -3.04. The number of hydrogen-bond acceptors (Lipinski definition) is 6. The Bertz CT molecular complexity index is 1330. The Kier molecular flexibility index (Phi) is 5.40. The van der Waals surface area contributed by atoms with Crippen LogP contribution in [0.1, 0.15) is 24.0 Å². The van der Waals surface area contributed by atoms with Crippen molar-refractivity contribution in [3.05, 3.63) is 69.8 Å². The van der Waals surface area contributed by atoms with Gasteiger partial charge in [0.2, 0.25) is 10.0 Å². The molecule has 1 fully saturated rings. The average Bonchev–Trinajstić information content (AvgIpc) is 3.22. The van der Waals surface area contributed by atoms with E-state index in [0.717, 1.165) is 27.4 Å². The molecule has 0 saturated carbocycles. The lowest BCUT2D eigenvalue weighted by atomic mass is 10.1. The summed E-state index contributed by atoms with van der Waals surface area (Å²) >= 11 is 0. The molecule has 162 valence electrons. The Morgan fingerprint density at radius 3 is 2.58 bits per heavy atom. The number of sulfonamides is 1. The fraction of sp³-hybridized carbons (Fsp3) is 0.273. The molecule has 1 aromatic heterocycles. The van der Waals surface area contributed by atoms with Crippen molar-refractivity contribution >= 4 is 27.0 Å². The number of fused-ring (bicyclic) bond motifs is 1. The van der Waals surface area contributed by atoms with Crippen LogP contribution in [0.4, 0.5) is 4.39 Å². The van der Waals surface area contributed by atoms with E-state index in [1.165, 1.54) is 18.2 Å². The number of esters is 1. The van der Waals surface area contributed by atoms with Crippen molar-refractivity contribution in [3.63, 3.8) is 0 Å². The molecule has 7 nitrogen and oxygen atoms in total. The second kappa shape index (κ2) is 7.90. The molecular formula is C22H20FNO6S. The first-order valence-corrected chi connectivity index (χ1v) is 11.2. The molecule has 0 aliphatic carbocycles. The molecule has 9 heteroatoms. The predicted octanol–water partition coefficient (Wildman–Crippen LogP) is 3.31. The minimum absolute atomic E-state index is 0.0901. The Morgan fingerprint density at radius 2 is 1.87 bits per heavy atom. The number of nitrogens with zero attached hydrogens (tertiary/aromatic N) is 1. The molecule has 0 N–H and O–H groups in total. The molecule has 1 atom stereocenters. The van der Waals surface area contributed by atoms with Crippen LogP contribution in [-0.2, 0) is 14.8 Å². The van der Waals surface area contributed by atoms with Gasteiger partial charge in [-0.3, -0.25) is 0 Å². The molecule has 2 heterocycles. The zero-order valence-electron chi connectivity index (χ0n) is 16.9. The lowest BCUT2D eigenvalue weighted by Gasteiger charge is -2.23. The third-order valence-electron chi connectivity index (χ3n) is 5.42. The van der Waals surface area contributed by atoms with Crippen molar-refractivity contribution in [2.75, 3.05) is 6.54 Å². The van der Waals surface area contributed by atoms with Gasteiger partial charge in [-0.15, -0.1) is 0 Å². The summed E-state index contributed by atoms with van der Waals surface area (Å²) < 4.78 is 51.0. The van der Waals surface area contributed by atoms with Crippen molar-refractivity contribution in [2.45, 2.75) is 37.6 Å². The molecule has 31 heavy (non-hydrogen) atoms. The number of hydrogen-bond donors (Lipinski definition) is 0. The topological polar surface area (TPSA) is 93.9 Å². The number of rotatable bonds is 4. The number of ether oxygens (including phenoxy) is 1. The molecule has 0 spiro atoms. The molecular weight excluding hydrogens is 425 g/mol. The van der Waals surface area contributed by atoms with Gasteiger partial charge < -0.3 is 9.15 Å².